The normalized spacial score (nSPS) is 14.6. The lowest BCUT2D eigenvalue weighted by molar-refractivity contribution is -0.140. The summed E-state index contributed by atoms with van der Waals surface area (Å²) in [5.74, 6) is 0.504. The van der Waals surface area contributed by atoms with Crippen molar-refractivity contribution in [3.05, 3.63) is 53.2 Å². The van der Waals surface area contributed by atoms with Crippen molar-refractivity contribution in [1.29, 1.82) is 0 Å². The third-order valence-electron chi connectivity index (χ3n) is 5.28. The van der Waals surface area contributed by atoms with E-state index in [2.05, 4.69) is 6.92 Å². The number of aryl methyl sites for hydroxylation is 1. The number of hydrogen-bond donors (Lipinski definition) is 0. The van der Waals surface area contributed by atoms with Gasteiger partial charge in [-0.2, -0.15) is 0 Å². The monoisotopic (exact) mass is 470 g/mol. The van der Waals surface area contributed by atoms with Gasteiger partial charge in [-0.15, -0.1) is 0 Å². The molecule has 0 saturated carbocycles. The fraction of sp³-hybridized carbons (Fsp3) is 0.292. The van der Waals surface area contributed by atoms with E-state index in [1.807, 2.05) is 24.3 Å². The molecule has 174 valence electrons. The van der Waals surface area contributed by atoms with Gasteiger partial charge in [0, 0.05) is 11.6 Å². The van der Waals surface area contributed by atoms with Crippen LogP contribution in [-0.2, 0) is 20.7 Å². The minimum atomic E-state index is -0.529. The second-order valence-corrected chi connectivity index (χ2v) is 7.45. The number of nitrogens with zero attached hydrogens (tertiary/aromatic N) is 2. The van der Waals surface area contributed by atoms with Gasteiger partial charge in [-0.05, 0) is 48.5 Å². The van der Waals surface area contributed by atoms with E-state index in [-0.39, 0.29) is 23.3 Å². The van der Waals surface area contributed by atoms with E-state index in [1.54, 1.807) is 18.2 Å². The molecule has 0 aromatic heterocycles. The summed E-state index contributed by atoms with van der Waals surface area (Å²) < 4.78 is 21.0. The van der Waals surface area contributed by atoms with Crippen LogP contribution in [0.15, 0.2) is 42.1 Å². The number of amides is 1. The Labute approximate surface area is 198 Å². The standard InChI is InChI=1S/C24H26N2O6S/c1-6-15-7-9-17(10-8-15)26-23(28)18(25(24(26)33)14-22(27)32-5)11-16-12-20(30-3)21(31-4)13-19(16)29-2/h7-13H,6,14H2,1-5H3. The minimum Gasteiger partial charge on any atom is -0.496 e. The summed E-state index contributed by atoms with van der Waals surface area (Å²) in [6.07, 6.45) is 2.48. The van der Waals surface area contributed by atoms with Gasteiger partial charge >= 0.3 is 5.97 Å². The van der Waals surface area contributed by atoms with Gasteiger partial charge in [-0.1, -0.05) is 19.1 Å². The highest BCUT2D eigenvalue weighted by molar-refractivity contribution is 7.80. The molecule has 3 rings (SSSR count). The second kappa shape index (κ2) is 10.4. The second-order valence-electron chi connectivity index (χ2n) is 7.08. The third-order valence-corrected chi connectivity index (χ3v) is 5.68. The Morgan fingerprint density at radius 2 is 1.58 bits per heavy atom. The average molecular weight is 471 g/mol. The fourth-order valence-corrected chi connectivity index (χ4v) is 3.80. The highest BCUT2D eigenvalue weighted by Crippen LogP contribution is 2.37. The van der Waals surface area contributed by atoms with Gasteiger partial charge in [0.25, 0.3) is 5.91 Å². The van der Waals surface area contributed by atoms with Crippen molar-refractivity contribution < 1.29 is 28.5 Å². The van der Waals surface area contributed by atoms with Crippen molar-refractivity contribution in [1.82, 2.24) is 4.90 Å². The van der Waals surface area contributed by atoms with Gasteiger partial charge in [0.1, 0.15) is 18.0 Å². The van der Waals surface area contributed by atoms with E-state index in [0.717, 1.165) is 12.0 Å². The third kappa shape index (κ3) is 4.78. The predicted molar refractivity (Wildman–Crippen MR) is 129 cm³/mol. The Morgan fingerprint density at radius 1 is 0.970 bits per heavy atom. The summed E-state index contributed by atoms with van der Waals surface area (Å²) in [5.41, 5.74) is 2.50. The largest absolute Gasteiger partial charge is 0.496 e. The summed E-state index contributed by atoms with van der Waals surface area (Å²) in [6, 6.07) is 10.9. The van der Waals surface area contributed by atoms with Gasteiger partial charge in [0.2, 0.25) is 0 Å². The van der Waals surface area contributed by atoms with Gasteiger partial charge in [-0.3, -0.25) is 14.5 Å². The van der Waals surface area contributed by atoms with Crippen LogP contribution >= 0.6 is 12.2 Å². The topological polar surface area (TPSA) is 77.5 Å². The van der Waals surface area contributed by atoms with Crippen molar-refractivity contribution in [2.24, 2.45) is 0 Å². The Balaban J connectivity index is 2.12. The number of esters is 1. The number of anilines is 1. The molecule has 9 heteroatoms. The molecule has 0 aliphatic carbocycles. The molecule has 1 aliphatic rings. The van der Waals surface area contributed by atoms with Crippen molar-refractivity contribution in [2.75, 3.05) is 39.9 Å². The first-order valence-electron chi connectivity index (χ1n) is 10.2. The molecule has 8 nitrogen and oxygen atoms in total. The van der Waals surface area contributed by atoms with Crippen molar-refractivity contribution in [2.45, 2.75) is 13.3 Å². The Kier molecular flexibility index (Phi) is 7.55. The smallest absolute Gasteiger partial charge is 0.325 e. The molecule has 1 amide bonds. The summed E-state index contributed by atoms with van der Waals surface area (Å²) in [7, 11) is 5.83. The molecular formula is C24H26N2O6S. The lowest BCUT2D eigenvalue weighted by Crippen LogP contribution is -2.35. The van der Waals surface area contributed by atoms with Crippen LogP contribution in [0, 0.1) is 0 Å². The van der Waals surface area contributed by atoms with Crippen LogP contribution in [0.5, 0.6) is 17.2 Å². The summed E-state index contributed by atoms with van der Waals surface area (Å²) in [4.78, 5) is 28.5. The number of rotatable bonds is 8. The highest BCUT2D eigenvalue weighted by Gasteiger charge is 2.40. The highest BCUT2D eigenvalue weighted by atomic mass is 32.1. The molecule has 1 aliphatic heterocycles. The minimum absolute atomic E-state index is 0.181. The maximum Gasteiger partial charge on any atom is 0.325 e. The lowest BCUT2D eigenvalue weighted by Gasteiger charge is -2.19. The SMILES string of the molecule is CCc1ccc(N2C(=O)C(=Cc3cc(OC)c(OC)cc3OC)N(CC(=O)OC)C2=S)cc1. The van der Waals surface area contributed by atoms with Crippen LogP contribution in [0.4, 0.5) is 5.69 Å². The zero-order chi connectivity index (χ0) is 24.1. The number of thiocarbonyl (C=S) groups is 1. The molecule has 0 atom stereocenters. The fourth-order valence-electron chi connectivity index (χ4n) is 3.45. The molecular weight excluding hydrogens is 444 g/mol. The Morgan fingerprint density at radius 3 is 2.12 bits per heavy atom. The summed E-state index contributed by atoms with van der Waals surface area (Å²) >= 11 is 5.60. The number of carbonyl (C=O) groups excluding carboxylic acids is 2. The first-order chi connectivity index (χ1) is 15.9. The lowest BCUT2D eigenvalue weighted by atomic mass is 10.1. The molecule has 2 aromatic carbocycles. The first kappa shape index (κ1) is 24.1. The van der Waals surface area contributed by atoms with Crippen LogP contribution in [-0.4, -0.2) is 56.9 Å². The van der Waals surface area contributed by atoms with Crippen molar-refractivity contribution >= 4 is 41.0 Å². The van der Waals surface area contributed by atoms with E-state index in [4.69, 9.17) is 31.2 Å². The summed E-state index contributed by atoms with van der Waals surface area (Å²) in [5, 5.41) is 0.181. The molecule has 1 saturated heterocycles. The maximum absolute atomic E-state index is 13.5. The van der Waals surface area contributed by atoms with Crippen LogP contribution in [0.3, 0.4) is 0 Å². The van der Waals surface area contributed by atoms with Crippen LogP contribution in [0.1, 0.15) is 18.1 Å². The van der Waals surface area contributed by atoms with Crippen molar-refractivity contribution in [3.8, 4) is 17.2 Å². The molecule has 2 aromatic rings. The number of ether oxygens (including phenoxy) is 4. The van der Waals surface area contributed by atoms with E-state index in [1.165, 1.54) is 38.2 Å². The van der Waals surface area contributed by atoms with E-state index in [9.17, 15) is 9.59 Å². The number of methoxy groups -OCH3 is 4. The average Bonchev–Trinajstić information content (AvgIpc) is 3.07. The van der Waals surface area contributed by atoms with Crippen LogP contribution < -0.4 is 19.1 Å². The number of benzene rings is 2. The maximum atomic E-state index is 13.5. The predicted octanol–water partition coefficient (Wildman–Crippen LogP) is 3.42. The number of hydrogen-bond acceptors (Lipinski definition) is 7. The van der Waals surface area contributed by atoms with Gasteiger partial charge < -0.3 is 23.8 Å². The molecule has 0 N–H and O–H groups in total. The summed E-state index contributed by atoms with van der Waals surface area (Å²) in [6.45, 7) is 1.84. The van der Waals surface area contributed by atoms with E-state index in [0.29, 0.717) is 28.5 Å². The van der Waals surface area contributed by atoms with Crippen LogP contribution in [0.2, 0.25) is 0 Å². The number of carbonyl (C=O) groups is 2. The van der Waals surface area contributed by atoms with Gasteiger partial charge in [0.15, 0.2) is 16.6 Å². The molecule has 1 fully saturated rings. The molecule has 33 heavy (non-hydrogen) atoms. The molecule has 0 spiro atoms. The Hall–Kier alpha value is -3.59. The Bertz CT molecular complexity index is 1100. The quantitative estimate of drug-likeness (QED) is 0.330. The molecule has 0 radical (unpaired) electrons. The zero-order valence-electron chi connectivity index (χ0n) is 19.2. The van der Waals surface area contributed by atoms with E-state index >= 15 is 0 Å². The zero-order valence-corrected chi connectivity index (χ0v) is 20.0. The van der Waals surface area contributed by atoms with Gasteiger partial charge in [0.05, 0.1) is 34.1 Å². The molecule has 0 unspecified atom stereocenters. The molecule has 0 bridgehead atoms. The first-order valence-corrected chi connectivity index (χ1v) is 10.6. The van der Waals surface area contributed by atoms with Crippen molar-refractivity contribution in [3.63, 3.8) is 0 Å². The molecule has 1 heterocycles. The van der Waals surface area contributed by atoms with E-state index < -0.39 is 5.97 Å². The van der Waals surface area contributed by atoms with Gasteiger partial charge in [-0.25, -0.2) is 0 Å². The van der Waals surface area contributed by atoms with Crippen LogP contribution in [0.25, 0.3) is 6.08 Å².